The minimum atomic E-state index is -0.930. The maximum atomic E-state index is 13.3. The zero-order valence-corrected chi connectivity index (χ0v) is 18.1. The predicted molar refractivity (Wildman–Crippen MR) is 120 cm³/mol. The Bertz CT molecular complexity index is 905. The molecule has 31 heavy (non-hydrogen) atoms. The molecule has 1 aliphatic carbocycles. The van der Waals surface area contributed by atoms with Crippen molar-refractivity contribution in [3.8, 4) is 5.75 Å². The first-order valence-electron chi connectivity index (χ1n) is 11.2. The Balaban J connectivity index is 1.37. The largest absolute Gasteiger partial charge is 0.492 e. The topological polar surface area (TPSA) is 66.8 Å². The monoisotopic (exact) mass is 421 g/mol. The van der Waals surface area contributed by atoms with Crippen molar-refractivity contribution in [1.29, 1.82) is 0 Å². The van der Waals surface area contributed by atoms with E-state index in [0.717, 1.165) is 30.8 Å². The van der Waals surface area contributed by atoms with Gasteiger partial charge in [0.2, 0.25) is 0 Å². The number of Topliss-reactive ketones (excluding diaryl/α,β-unsaturated/α-hetero) is 1. The first-order chi connectivity index (χ1) is 15.0. The van der Waals surface area contributed by atoms with Gasteiger partial charge in [0.25, 0.3) is 0 Å². The molecule has 2 aliphatic rings. The number of piperidine rings is 1. The maximum absolute atomic E-state index is 13.3. The minimum Gasteiger partial charge on any atom is -0.492 e. The Kier molecular flexibility index (Phi) is 6.42. The molecule has 164 valence electrons. The summed E-state index contributed by atoms with van der Waals surface area (Å²) in [7, 11) is 0. The molecule has 5 heteroatoms. The summed E-state index contributed by atoms with van der Waals surface area (Å²) >= 11 is 0. The van der Waals surface area contributed by atoms with Crippen molar-refractivity contribution in [2.75, 3.05) is 19.7 Å². The van der Waals surface area contributed by atoms with Crippen molar-refractivity contribution in [3.05, 3.63) is 65.7 Å². The summed E-state index contributed by atoms with van der Waals surface area (Å²) in [6.45, 7) is 4.33. The summed E-state index contributed by atoms with van der Waals surface area (Å²) in [5, 5.41) is 9.09. The van der Waals surface area contributed by atoms with Gasteiger partial charge in [-0.1, -0.05) is 37.3 Å². The lowest BCUT2D eigenvalue weighted by Gasteiger charge is -2.39. The highest BCUT2D eigenvalue weighted by atomic mass is 16.5. The average molecular weight is 422 g/mol. The van der Waals surface area contributed by atoms with Gasteiger partial charge >= 0.3 is 5.97 Å². The van der Waals surface area contributed by atoms with E-state index < -0.39 is 5.97 Å². The second-order valence-electron chi connectivity index (χ2n) is 9.17. The lowest BCUT2D eigenvalue weighted by molar-refractivity contribution is -0.127. The van der Waals surface area contributed by atoms with Gasteiger partial charge in [0.15, 0.2) is 5.78 Å². The third kappa shape index (κ3) is 5.34. The lowest BCUT2D eigenvalue weighted by atomic mass is 9.83. The molecule has 0 aromatic heterocycles. The third-order valence-corrected chi connectivity index (χ3v) is 6.95. The number of ether oxygens (including phenoxy) is 1. The van der Waals surface area contributed by atoms with Crippen LogP contribution in [0.4, 0.5) is 0 Å². The molecule has 1 N–H and O–H groups in total. The Hall–Kier alpha value is -2.66. The van der Waals surface area contributed by atoms with Crippen molar-refractivity contribution in [3.63, 3.8) is 0 Å². The normalized spacial score (nSPS) is 20.9. The molecule has 2 aromatic rings. The van der Waals surface area contributed by atoms with Gasteiger partial charge < -0.3 is 9.84 Å². The summed E-state index contributed by atoms with van der Waals surface area (Å²) in [4.78, 5) is 26.7. The molecule has 5 nitrogen and oxygen atoms in total. The Morgan fingerprint density at radius 3 is 2.45 bits per heavy atom. The summed E-state index contributed by atoms with van der Waals surface area (Å²) in [5.74, 6) is 0.287. The quantitative estimate of drug-likeness (QED) is 0.632. The highest BCUT2D eigenvalue weighted by Gasteiger charge is 2.49. The van der Waals surface area contributed by atoms with E-state index >= 15 is 0 Å². The van der Waals surface area contributed by atoms with Crippen LogP contribution in [0.3, 0.4) is 0 Å². The van der Waals surface area contributed by atoms with Crippen LogP contribution in [0.15, 0.2) is 54.6 Å². The number of carbonyl (C=O) groups is 2. The number of hydrogen-bond donors (Lipinski definition) is 1. The van der Waals surface area contributed by atoms with E-state index in [0.29, 0.717) is 24.2 Å². The number of carbonyl (C=O) groups excluding carboxylic acids is 1. The Morgan fingerprint density at radius 2 is 1.81 bits per heavy atom. The molecule has 0 amide bonds. The smallest absolute Gasteiger partial charge is 0.335 e. The number of likely N-dealkylation sites (tertiary alicyclic amines) is 1. The zero-order valence-electron chi connectivity index (χ0n) is 18.1. The predicted octanol–water partition coefficient (Wildman–Crippen LogP) is 4.77. The molecule has 1 aliphatic heterocycles. The second kappa shape index (κ2) is 9.23. The Morgan fingerprint density at radius 1 is 1.10 bits per heavy atom. The first kappa shape index (κ1) is 21.6. The number of carboxylic acid groups (broad SMARTS) is 1. The van der Waals surface area contributed by atoms with Crippen LogP contribution in [0.25, 0.3) is 0 Å². The molecular weight excluding hydrogens is 390 g/mol. The fourth-order valence-electron chi connectivity index (χ4n) is 4.70. The van der Waals surface area contributed by atoms with Gasteiger partial charge in [0.1, 0.15) is 12.4 Å². The molecule has 2 aromatic carbocycles. The van der Waals surface area contributed by atoms with Crippen LogP contribution < -0.4 is 4.74 Å². The third-order valence-electron chi connectivity index (χ3n) is 6.95. The molecule has 4 rings (SSSR count). The summed E-state index contributed by atoms with van der Waals surface area (Å²) < 4.78 is 5.88. The molecule has 0 radical (unpaired) electrons. The summed E-state index contributed by atoms with van der Waals surface area (Å²) in [6, 6.07) is 16.6. The first-order valence-corrected chi connectivity index (χ1v) is 11.2. The standard InChI is InChI=1S/C26H31NO4/c1-19(20-7-9-21(10-8-20)25(29)30)17-24(28)23-18-26(11-12-26)13-14-27(23)15-16-31-22-5-3-2-4-6-22/h2-10,19,23H,11-18H2,1H3,(H,29,30)/t19-,23-/m1/s1. The maximum Gasteiger partial charge on any atom is 0.335 e. The van der Waals surface area contributed by atoms with Crippen LogP contribution in [0, 0.1) is 5.41 Å². The van der Waals surface area contributed by atoms with Gasteiger partial charge in [-0.3, -0.25) is 9.69 Å². The zero-order chi connectivity index (χ0) is 21.8. The van der Waals surface area contributed by atoms with E-state index in [2.05, 4.69) is 4.90 Å². The number of benzene rings is 2. The van der Waals surface area contributed by atoms with Gasteiger partial charge in [-0.25, -0.2) is 4.79 Å². The molecule has 0 unspecified atom stereocenters. The number of carboxylic acids is 1. The highest BCUT2D eigenvalue weighted by Crippen LogP contribution is 2.55. The fourth-order valence-corrected chi connectivity index (χ4v) is 4.70. The van der Waals surface area contributed by atoms with Crippen LogP contribution >= 0.6 is 0 Å². The molecule has 2 atom stereocenters. The highest BCUT2D eigenvalue weighted by molar-refractivity contribution is 5.87. The number of hydrogen-bond acceptors (Lipinski definition) is 4. The number of aromatic carboxylic acids is 1. The van der Waals surface area contributed by atoms with Gasteiger partial charge in [-0.05, 0) is 73.4 Å². The van der Waals surface area contributed by atoms with Gasteiger partial charge in [0, 0.05) is 13.0 Å². The lowest BCUT2D eigenvalue weighted by Crippen LogP contribution is -2.49. The summed E-state index contributed by atoms with van der Waals surface area (Å²) in [6.07, 6.45) is 5.11. The van der Waals surface area contributed by atoms with E-state index in [1.807, 2.05) is 49.4 Å². The van der Waals surface area contributed by atoms with Crippen molar-refractivity contribution >= 4 is 11.8 Å². The van der Waals surface area contributed by atoms with E-state index in [4.69, 9.17) is 9.84 Å². The van der Waals surface area contributed by atoms with E-state index in [1.165, 1.54) is 19.3 Å². The number of rotatable bonds is 9. The molecule has 1 spiro atoms. The minimum absolute atomic E-state index is 0.0450. The van der Waals surface area contributed by atoms with E-state index in [1.54, 1.807) is 12.1 Å². The van der Waals surface area contributed by atoms with Crippen molar-refractivity contribution < 1.29 is 19.4 Å². The molecule has 1 heterocycles. The number of nitrogens with zero attached hydrogens (tertiary/aromatic N) is 1. The van der Waals surface area contributed by atoms with Crippen molar-refractivity contribution in [2.45, 2.75) is 51.0 Å². The van der Waals surface area contributed by atoms with Gasteiger partial charge in [-0.15, -0.1) is 0 Å². The molecule has 1 saturated carbocycles. The van der Waals surface area contributed by atoms with E-state index in [9.17, 15) is 9.59 Å². The molecule has 1 saturated heterocycles. The van der Waals surface area contributed by atoms with Gasteiger partial charge in [0.05, 0.1) is 11.6 Å². The number of ketones is 1. The molecule has 2 fully saturated rings. The number of para-hydroxylation sites is 1. The van der Waals surface area contributed by atoms with Gasteiger partial charge in [-0.2, -0.15) is 0 Å². The van der Waals surface area contributed by atoms with Crippen molar-refractivity contribution in [1.82, 2.24) is 4.90 Å². The SMILES string of the molecule is C[C@H](CC(=O)[C@H]1CC2(CCN1CCOc1ccccc1)CC2)c1ccc(C(=O)O)cc1. The average Bonchev–Trinajstić information content (AvgIpc) is 3.54. The van der Waals surface area contributed by atoms with Crippen LogP contribution in [0.5, 0.6) is 5.75 Å². The fraction of sp³-hybridized carbons (Fsp3) is 0.462. The van der Waals surface area contributed by atoms with Crippen LogP contribution in [0.1, 0.15) is 60.9 Å². The van der Waals surface area contributed by atoms with Crippen LogP contribution in [-0.2, 0) is 4.79 Å². The molecule has 0 bridgehead atoms. The van der Waals surface area contributed by atoms with Crippen molar-refractivity contribution in [2.24, 2.45) is 5.41 Å². The van der Waals surface area contributed by atoms with E-state index in [-0.39, 0.29) is 17.5 Å². The summed E-state index contributed by atoms with van der Waals surface area (Å²) in [5.41, 5.74) is 1.67. The Labute approximate surface area is 184 Å². The molecular formula is C26H31NO4. The van der Waals surface area contributed by atoms with Crippen LogP contribution in [0.2, 0.25) is 0 Å². The van der Waals surface area contributed by atoms with Crippen LogP contribution in [-0.4, -0.2) is 47.5 Å². The second-order valence-corrected chi connectivity index (χ2v) is 9.17.